The van der Waals surface area contributed by atoms with Crippen LogP contribution in [0.15, 0.2) is 0 Å². The van der Waals surface area contributed by atoms with Gasteiger partial charge in [0, 0.05) is 18.6 Å². The molecule has 1 N–H and O–H groups in total. The number of esters is 1. The van der Waals surface area contributed by atoms with Gasteiger partial charge in [0.15, 0.2) is 5.60 Å². The van der Waals surface area contributed by atoms with Gasteiger partial charge in [-0.3, -0.25) is 9.59 Å². The Balaban J connectivity index is 2.24. The number of fused-ring (bicyclic) bond motifs is 2. The number of methoxy groups -OCH3 is 1. The number of carbonyl (C=O) groups excluding carboxylic acids is 2. The number of amides is 1. The van der Waals surface area contributed by atoms with Gasteiger partial charge in [-0.1, -0.05) is 13.8 Å². The highest BCUT2D eigenvalue weighted by molar-refractivity contribution is 5.96. The summed E-state index contributed by atoms with van der Waals surface area (Å²) in [5.74, 6) is -0.449. The molecule has 5 heteroatoms. The lowest BCUT2D eigenvalue weighted by Crippen LogP contribution is -2.55. The highest BCUT2D eigenvalue weighted by Gasteiger charge is 2.75. The summed E-state index contributed by atoms with van der Waals surface area (Å²) in [7, 11) is 1.59. The summed E-state index contributed by atoms with van der Waals surface area (Å²) in [5, 5.41) is 2.89. The zero-order valence-corrected chi connectivity index (χ0v) is 12.3. The molecule has 0 aromatic rings. The molecule has 0 aromatic carbocycles. The van der Waals surface area contributed by atoms with Crippen molar-refractivity contribution in [2.24, 2.45) is 10.8 Å². The predicted octanol–water partition coefficient (Wildman–Crippen LogP) is 1.26. The van der Waals surface area contributed by atoms with Gasteiger partial charge in [0.05, 0.1) is 12.0 Å². The first-order chi connectivity index (χ1) is 8.71. The fourth-order valence-electron chi connectivity index (χ4n) is 3.38. The third-order valence-electron chi connectivity index (χ3n) is 5.24. The van der Waals surface area contributed by atoms with Gasteiger partial charge >= 0.3 is 5.97 Å². The van der Waals surface area contributed by atoms with E-state index in [1.165, 1.54) is 0 Å². The van der Waals surface area contributed by atoms with Gasteiger partial charge in [-0.05, 0) is 26.7 Å². The van der Waals surface area contributed by atoms with Crippen LogP contribution in [0.1, 0.15) is 40.5 Å². The number of rotatable bonds is 4. The molecular formula is C14H23NO4. The molecular weight excluding hydrogens is 246 g/mol. The standard InChI is InChI=1S/C14H23NO4/c1-9(8-18-5)15-10(16)14-7-6-13(4,11(17)19-14)12(14,2)3/h9H,6-8H2,1-5H3,(H,15,16)/t9-,13-,14+/m1/s1. The van der Waals surface area contributed by atoms with Crippen LogP contribution in [0.5, 0.6) is 0 Å². The Labute approximate surface area is 114 Å². The summed E-state index contributed by atoms with van der Waals surface area (Å²) in [6.07, 6.45) is 1.29. The molecule has 2 aliphatic rings. The fraction of sp³-hybridized carbons (Fsp3) is 0.857. The Morgan fingerprint density at radius 3 is 2.47 bits per heavy atom. The molecule has 2 rings (SSSR count). The highest BCUT2D eigenvalue weighted by Crippen LogP contribution is 2.65. The van der Waals surface area contributed by atoms with Crippen molar-refractivity contribution >= 4 is 11.9 Å². The van der Waals surface area contributed by atoms with Crippen LogP contribution in [0.2, 0.25) is 0 Å². The van der Waals surface area contributed by atoms with E-state index in [4.69, 9.17) is 9.47 Å². The minimum atomic E-state index is -1.03. The molecule has 5 nitrogen and oxygen atoms in total. The summed E-state index contributed by atoms with van der Waals surface area (Å²) < 4.78 is 10.5. The maximum Gasteiger partial charge on any atom is 0.313 e. The Kier molecular flexibility index (Phi) is 3.16. The van der Waals surface area contributed by atoms with Gasteiger partial charge in [0.1, 0.15) is 0 Å². The maximum atomic E-state index is 12.6. The molecule has 0 unspecified atom stereocenters. The molecule has 2 bridgehead atoms. The average Bonchev–Trinajstić information content (AvgIpc) is 2.59. The largest absolute Gasteiger partial charge is 0.448 e. The van der Waals surface area contributed by atoms with Gasteiger partial charge in [-0.2, -0.15) is 0 Å². The Bertz CT molecular complexity index is 420. The van der Waals surface area contributed by atoms with Gasteiger partial charge in [0.2, 0.25) is 0 Å². The van der Waals surface area contributed by atoms with E-state index in [9.17, 15) is 9.59 Å². The average molecular weight is 269 g/mol. The molecule has 2 fully saturated rings. The van der Waals surface area contributed by atoms with E-state index in [1.807, 2.05) is 27.7 Å². The highest BCUT2D eigenvalue weighted by atomic mass is 16.6. The van der Waals surface area contributed by atoms with Gasteiger partial charge in [0.25, 0.3) is 5.91 Å². The Morgan fingerprint density at radius 1 is 1.42 bits per heavy atom. The molecule has 1 heterocycles. The monoisotopic (exact) mass is 269 g/mol. The number of hydrogen-bond acceptors (Lipinski definition) is 4. The van der Waals surface area contributed by atoms with Crippen LogP contribution in [0.25, 0.3) is 0 Å². The van der Waals surface area contributed by atoms with Crippen molar-refractivity contribution in [2.45, 2.75) is 52.2 Å². The molecule has 0 radical (unpaired) electrons. The summed E-state index contributed by atoms with van der Waals surface area (Å²) in [5.41, 5.74) is -2.08. The van der Waals surface area contributed by atoms with Crippen LogP contribution >= 0.6 is 0 Å². The lowest BCUT2D eigenvalue weighted by molar-refractivity contribution is -0.168. The summed E-state index contributed by atoms with van der Waals surface area (Å²) >= 11 is 0. The minimum absolute atomic E-state index is 0.103. The van der Waals surface area contributed by atoms with Crippen molar-refractivity contribution in [1.82, 2.24) is 5.32 Å². The number of nitrogens with one attached hydrogen (secondary N) is 1. The van der Waals surface area contributed by atoms with Crippen LogP contribution < -0.4 is 5.32 Å². The molecule has 0 spiro atoms. The molecule has 3 atom stereocenters. The van der Waals surface area contributed by atoms with E-state index < -0.39 is 16.4 Å². The molecule has 108 valence electrons. The summed E-state index contributed by atoms with van der Waals surface area (Å²) in [6, 6.07) is -0.103. The van der Waals surface area contributed by atoms with E-state index in [0.29, 0.717) is 19.4 Å². The van der Waals surface area contributed by atoms with E-state index in [1.54, 1.807) is 7.11 Å². The maximum absolute atomic E-state index is 12.6. The van der Waals surface area contributed by atoms with Crippen molar-refractivity contribution in [1.29, 1.82) is 0 Å². The van der Waals surface area contributed by atoms with E-state index in [0.717, 1.165) is 0 Å². The Morgan fingerprint density at radius 2 is 2.05 bits per heavy atom. The predicted molar refractivity (Wildman–Crippen MR) is 69.4 cm³/mol. The van der Waals surface area contributed by atoms with Crippen molar-refractivity contribution in [2.75, 3.05) is 13.7 Å². The normalized spacial score (nSPS) is 37.0. The zero-order chi connectivity index (χ0) is 14.5. The van der Waals surface area contributed by atoms with Gasteiger partial charge in [-0.25, -0.2) is 0 Å². The molecule has 1 amide bonds. The van der Waals surface area contributed by atoms with Crippen molar-refractivity contribution in [3.63, 3.8) is 0 Å². The van der Waals surface area contributed by atoms with Crippen molar-refractivity contribution < 1.29 is 19.1 Å². The lowest BCUT2D eigenvalue weighted by atomic mass is 9.66. The molecule has 19 heavy (non-hydrogen) atoms. The van der Waals surface area contributed by atoms with Crippen LogP contribution in [-0.4, -0.2) is 37.2 Å². The fourth-order valence-corrected chi connectivity index (χ4v) is 3.38. The second-order valence-corrected chi connectivity index (χ2v) is 6.50. The van der Waals surface area contributed by atoms with E-state index in [-0.39, 0.29) is 17.9 Å². The molecule has 1 saturated carbocycles. The molecule has 1 aliphatic heterocycles. The van der Waals surface area contributed by atoms with Crippen LogP contribution in [0.3, 0.4) is 0 Å². The Hall–Kier alpha value is -1.10. The van der Waals surface area contributed by atoms with Gasteiger partial charge in [-0.15, -0.1) is 0 Å². The lowest BCUT2D eigenvalue weighted by Gasteiger charge is -2.36. The smallest absolute Gasteiger partial charge is 0.313 e. The number of ether oxygens (including phenoxy) is 2. The third-order valence-corrected chi connectivity index (χ3v) is 5.24. The summed E-state index contributed by atoms with van der Waals surface area (Å²) in [4.78, 5) is 24.6. The summed E-state index contributed by atoms with van der Waals surface area (Å²) in [6.45, 7) is 8.11. The van der Waals surface area contributed by atoms with Crippen molar-refractivity contribution in [3.05, 3.63) is 0 Å². The second kappa shape index (κ2) is 4.20. The molecule has 0 aromatic heterocycles. The zero-order valence-electron chi connectivity index (χ0n) is 12.3. The topological polar surface area (TPSA) is 64.6 Å². The second-order valence-electron chi connectivity index (χ2n) is 6.50. The minimum Gasteiger partial charge on any atom is -0.448 e. The number of hydrogen-bond donors (Lipinski definition) is 1. The first kappa shape index (κ1) is 14.3. The van der Waals surface area contributed by atoms with Crippen molar-refractivity contribution in [3.8, 4) is 0 Å². The van der Waals surface area contributed by atoms with Gasteiger partial charge < -0.3 is 14.8 Å². The SMILES string of the molecule is COC[C@@H](C)NC(=O)[C@]12CC[C@](C)(C(=O)O1)C2(C)C. The first-order valence-electron chi connectivity index (χ1n) is 6.74. The third kappa shape index (κ3) is 1.64. The van der Waals surface area contributed by atoms with Crippen LogP contribution in [0, 0.1) is 10.8 Å². The van der Waals surface area contributed by atoms with E-state index in [2.05, 4.69) is 5.32 Å². The van der Waals surface area contributed by atoms with Crippen LogP contribution in [-0.2, 0) is 19.1 Å². The number of carbonyl (C=O) groups is 2. The first-order valence-corrected chi connectivity index (χ1v) is 6.74. The quantitative estimate of drug-likeness (QED) is 0.780. The van der Waals surface area contributed by atoms with Crippen LogP contribution in [0.4, 0.5) is 0 Å². The molecule has 1 saturated heterocycles. The van der Waals surface area contributed by atoms with E-state index >= 15 is 0 Å². The molecule has 1 aliphatic carbocycles.